The van der Waals surface area contributed by atoms with Gasteiger partial charge in [-0.3, -0.25) is 5.32 Å². The minimum Gasteiger partial charge on any atom is -0.398 e. The van der Waals surface area contributed by atoms with E-state index in [1.54, 1.807) is 24.5 Å². The van der Waals surface area contributed by atoms with Crippen LogP contribution in [-0.4, -0.2) is 29.4 Å². The quantitative estimate of drug-likeness (QED) is 0.355. The van der Waals surface area contributed by atoms with Crippen LogP contribution in [0, 0.1) is 5.41 Å². The average molecular weight is 408 g/mol. The Morgan fingerprint density at radius 3 is 2.80 bits per heavy atom. The summed E-state index contributed by atoms with van der Waals surface area (Å²) in [6, 6.07) is 5.69. The van der Waals surface area contributed by atoms with Crippen LogP contribution in [0.4, 0.5) is 10.2 Å². The van der Waals surface area contributed by atoms with Crippen LogP contribution in [0.25, 0.3) is 5.57 Å². The highest BCUT2D eigenvalue weighted by atomic mass is 19.1. The van der Waals surface area contributed by atoms with E-state index in [4.69, 9.17) is 11.1 Å². The topological polar surface area (TPSA) is 91.6 Å². The summed E-state index contributed by atoms with van der Waals surface area (Å²) in [4.78, 5) is 8.90. The Hall–Kier alpha value is -3.35. The normalized spacial score (nSPS) is 19.4. The fourth-order valence-electron chi connectivity index (χ4n) is 3.54. The van der Waals surface area contributed by atoms with Crippen LogP contribution in [-0.2, 0) is 5.54 Å². The van der Waals surface area contributed by atoms with Gasteiger partial charge in [0.05, 0.1) is 6.20 Å². The molecule has 1 atom stereocenters. The first-order valence-corrected chi connectivity index (χ1v) is 10.1. The Labute approximate surface area is 176 Å². The minimum atomic E-state index is -0.563. The molecule has 3 heterocycles. The second-order valence-electron chi connectivity index (χ2n) is 7.35. The molecule has 1 aliphatic rings. The molecule has 2 aromatic rings. The number of unbranched alkanes of at least 4 members (excludes halogenated alkanes) is 1. The predicted octanol–water partition coefficient (Wildman–Crippen LogP) is 3.52. The lowest BCUT2D eigenvalue weighted by Crippen LogP contribution is -2.54. The molecule has 0 radical (unpaired) electrons. The Kier molecular flexibility index (Phi) is 6.72. The number of pyridine rings is 1. The summed E-state index contributed by atoms with van der Waals surface area (Å²) in [5.41, 5.74) is 8.54. The number of alkyl halides is 1. The monoisotopic (exact) mass is 407 g/mol. The third-order valence-electron chi connectivity index (χ3n) is 5.24. The molecule has 0 bridgehead atoms. The van der Waals surface area contributed by atoms with Gasteiger partial charge in [0.25, 0.3) is 5.82 Å². The molecular weight excluding hydrogens is 379 g/mol. The number of nitrogens with one attached hydrogen (secondary N) is 2. The highest BCUT2D eigenvalue weighted by Gasteiger charge is 2.45. The van der Waals surface area contributed by atoms with Gasteiger partial charge in [-0.1, -0.05) is 31.6 Å². The number of fused-ring (bicyclic) bond motifs is 1. The molecule has 156 valence electrons. The van der Waals surface area contributed by atoms with E-state index in [1.807, 2.05) is 24.4 Å². The van der Waals surface area contributed by atoms with Crippen LogP contribution < -0.4 is 15.6 Å². The number of nitrogens with zero attached hydrogens (tertiary/aromatic N) is 3. The highest BCUT2D eigenvalue weighted by Crippen LogP contribution is 2.27. The van der Waals surface area contributed by atoms with Crippen molar-refractivity contribution in [2.24, 2.45) is 5.73 Å². The minimum absolute atomic E-state index is 0.451. The number of hydrogen-bond acceptors (Lipinski definition) is 5. The zero-order valence-corrected chi connectivity index (χ0v) is 17.4. The summed E-state index contributed by atoms with van der Waals surface area (Å²) < 4.78 is 14.8. The van der Waals surface area contributed by atoms with Crippen molar-refractivity contribution in [1.82, 2.24) is 9.97 Å². The van der Waals surface area contributed by atoms with Crippen molar-refractivity contribution < 1.29 is 8.96 Å². The maximum Gasteiger partial charge on any atom is 0.275 e. The summed E-state index contributed by atoms with van der Waals surface area (Å²) in [6.45, 7) is 4.23. The molecule has 0 saturated heterocycles. The largest absolute Gasteiger partial charge is 0.398 e. The van der Waals surface area contributed by atoms with E-state index in [-0.39, 0.29) is 0 Å². The van der Waals surface area contributed by atoms with E-state index in [1.165, 1.54) is 12.3 Å². The first-order valence-electron chi connectivity index (χ1n) is 10.1. The van der Waals surface area contributed by atoms with Gasteiger partial charge in [0.1, 0.15) is 13.2 Å². The van der Waals surface area contributed by atoms with E-state index >= 15 is 0 Å². The van der Waals surface area contributed by atoms with Crippen LogP contribution in [0.2, 0.25) is 0 Å². The molecule has 0 fully saturated rings. The van der Waals surface area contributed by atoms with E-state index in [9.17, 15) is 4.39 Å². The SMILES string of the molecule is CCCC=C(C=CCF)C(N)=C(C=N)c1ccc2[n+](c1)C(C)(c1ncccn1)CN2. The smallest absolute Gasteiger partial charge is 0.275 e. The van der Waals surface area contributed by atoms with Gasteiger partial charge in [0, 0.05) is 41.5 Å². The molecule has 3 rings (SSSR count). The number of anilines is 1. The van der Waals surface area contributed by atoms with Gasteiger partial charge in [-0.15, -0.1) is 0 Å². The number of aromatic nitrogens is 3. The summed E-state index contributed by atoms with van der Waals surface area (Å²) in [7, 11) is 0. The maximum absolute atomic E-state index is 12.7. The molecule has 30 heavy (non-hydrogen) atoms. The van der Waals surface area contributed by atoms with E-state index in [2.05, 4.69) is 33.7 Å². The van der Waals surface area contributed by atoms with Crippen molar-refractivity contribution in [2.45, 2.75) is 32.2 Å². The lowest BCUT2D eigenvalue weighted by molar-refractivity contribution is -0.726. The summed E-state index contributed by atoms with van der Waals surface area (Å²) in [5, 5.41) is 11.4. The van der Waals surface area contributed by atoms with Crippen LogP contribution >= 0.6 is 0 Å². The molecule has 0 saturated carbocycles. The van der Waals surface area contributed by atoms with Crippen LogP contribution in [0.15, 0.2) is 66.3 Å². The predicted molar refractivity (Wildman–Crippen MR) is 118 cm³/mol. The molecule has 6 nitrogen and oxygen atoms in total. The van der Waals surface area contributed by atoms with Gasteiger partial charge >= 0.3 is 0 Å². The second kappa shape index (κ2) is 9.43. The molecule has 0 aromatic carbocycles. The summed E-state index contributed by atoms with van der Waals surface area (Å²) >= 11 is 0. The lowest BCUT2D eigenvalue weighted by atomic mass is 9.98. The van der Waals surface area contributed by atoms with Crippen molar-refractivity contribution in [1.29, 1.82) is 5.41 Å². The first-order chi connectivity index (χ1) is 14.5. The maximum atomic E-state index is 12.7. The fourth-order valence-corrected chi connectivity index (χ4v) is 3.54. The lowest BCUT2D eigenvalue weighted by Gasteiger charge is -2.19. The van der Waals surface area contributed by atoms with Gasteiger partial charge in [-0.05, 0) is 31.1 Å². The van der Waals surface area contributed by atoms with Gasteiger partial charge in [-0.2, -0.15) is 0 Å². The number of allylic oxidation sites excluding steroid dienone is 4. The van der Waals surface area contributed by atoms with E-state index in [0.717, 1.165) is 29.8 Å². The summed E-state index contributed by atoms with van der Waals surface area (Å²) in [5.74, 6) is 1.65. The molecule has 4 N–H and O–H groups in total. The van der Waals surface area contributed by atoms with Gasteiger partial charge in [-0.25, -0.2) is 18.9 Å². The number of halogens is 1. The molecule has 2 aromatic heterocycles. The standard InChI is InChI=1S/C23H27FN6/c1-3-4-7-17(8-5-11-24)21(26)19(14-25)18-9-10-20-29-16-23(2,30(20)15-18)22-27-12-6-13-28-22/h5-10,12-15H,3-4,11,16H2,1-2H3,(H3,25,26)/p+1. The summed E-state index contributed by atoms with van der Waals surface area (Å²) in [6.07, 6.45) is 13.6. The molecule has 0 amide bonds. The highest BCUT2D eigenvalue weighted by molar-refractivity contribution is 6.10. The zero-order chi connectivity index (χ0) is 21.6. The molecule has 0 aliphatic carbocycles. The van der Waals surface area contributed by atoms with Crippen molar-refractivity contribution in [3.8, 4) is 0 Å². The number of nitrogens with two attached hydrogens (primary N) is 1. The van der Waals surface area contributed by atoms with Crippen LogP contribution in [0.3, 0.4) is 0 Å². The van der Waals surface area contributed by atoms with Crippen LogP contribution in [0.5, 0.6) is 0 Å². The van der Waals surface area contributed by atoms with Crippen LogP contribution in [0.1, 0.15) is 38.1 Å². The first kappa shape index (κ1) is 21.4. The van der Waals surface area contributed by atoms with E-state index in [0.29, 0.717) is 23.6 Å². The molecule has 7 heteroatoms. The Balaban J connectivity index is 2.09. The molecule has 0 spiro atoms. The van der Waals surface area contributed by atoms with Gasteiger partial charge in [0.2, 0.25) is 5.54 Å². The molecular formula is C23H28FN6+. The van der Waals surface area contributed by atoms with Crippen molar-refractivity contribution in [2.75, 3.05) is 18.5 Å². The fraction of sp³-hybridized carbons (Fsp3) is 0.304. The van der Waals surface area contributed by atoms with Gasteiger partial charge < -0.3 is 11.1 Å². The average Bonchev–Trinajstić information content (AvgIpc) is 3.12. The van der Waals surface area contributed by atoms with Gasteiger partial charge in [0.15, 0.2) is 5.82 Å². The number of rotatable bonds is 8. The molecule has 1 unspecified atom stereocenters. The van der Waals surface area contributed by atoms with Crippen molar-refractivity contribution >= 4 is 17.6 Å². The van der Waals surface area contributed by atoms with Crippen molar-refractivity contribution in [3.63, 3.8) is 0 Å². The Morgan fingerprint density at radius 2 is 2.13 bits per heavy atom. The number of hydrogen-bond donors (Lipinski definition) is 3. The Morgan fingerprint density at radius 1 is 1.37 bits per heavy atom. The second-order valence-corrected chi connectivity index (χ2v) is 7.35. The van der Waals surface area contributed by atoms with Crippen molar-refractivity contribution in [3.05, 3.63) is 77.7 Å². The Bertz CT molecular complexity index is 996. The third kappa shape index (κ3) is 4.15. The van der Waals surface area contributed by atoms with E-state index < -0.39 is 12.2 Å². The zero-order valence-electron chi connectivity index (χ0n) is 17.4. The third-order valence-corrected chi connectivity index (χ3v) is 5.24. The molecule has 1 aliphatic heterocycles.